The molecule has 0 saturated carbocycles. The van der Waals surface area contributed by atoms with Crippen molar-refractivity contribution in [2.24, 2.45) is 0 Å². The number of ether oxygens (including phenoxy) is 1. The maximum absolute atomic E-state index is 6.08. The van der Waals surface area contributed by atoms with Crippen LogP contribution in [-0.2, 0) is 13.1 Å². The molecule has 0 unspecified atom stereocenters. The highest BCUT2D eigenvalue weighted by atomic mass is 16.5. The predicted octanol–water partition coefficient (Wildman–Crippen LogP) is 4.10. The Morgan fingerprint density at radius 2 is 1.85 bits per heavy atom. The zero-order valence-electron chi connectivity index (χ0n) is 14.9. The summed E-state index contributed by atoms with van der Waals surface area (Å²) in [5, 5.41) is 0. The van der Waals surface area contributed by atoms with E-state index in [1.54, 1.807) is 12.5 Å². The Kier molecular flexibility index (Phi) is 5.26. The van der Waals surface area contributed by atoms with Gasteiger partial charge in [0.2, 0.25) is 5.88 Å². The van der Waals surface area contributed by atoms with Crippen LogP contribution in [0, 0.1) is 0 Å². The molecule has 0 bridgehead atoms. The molecule has 5 nitrogen and oxygen atoms in total. The van der Waals surface area contributed by atoms with E-state index in [1.165, 1.54) is 37.9 Å². The van der Waals surface area contributed by atoms with E-state index in [2.05, 4.69) is 33.1 Å². The quantitative estimate of drug-likeness (QED) is 0.672. The number of pyridine rings is 1. The number of piperidine rings is 1. The van der Waals surface area contributed by atoms with Crippen LogP contribution in [0.4, 0.5) is 0 Å². The van der Waals surface area contributed by atoms with E-state index in [-0.39, 0.29) is 0 Å². The number of para-hydroxylation sites is 1. The second-order valence-electron chi connectivity index (χ2n) is 6.79. The highest BCUT2D eigenvalue weighted by Crippen LogP contribution is 2.26. The lowest BCUT2D eigenvalue weighted by molar-refractivity contribution is 0.219. The summed E-state index contributed by atoms with van der Waals surface area (Å²) in [5.41, 5.74) is 2.34. The molecule has 0 aliphatic carbocycles. The van der Waals surface area contributed by atoms with E-state index in [4.69, 9.17) is 4.74 Å². The summed E-state index contributed by atoms with van der Waals surface area (Å²) < 4.78 is 8.10. The van der Waals surface area contributed by atoms with Gasteiger partial charge in [-0.15, -0.1) is 0 Å². The minimum atomic E-state index is 0.630. The summed E-state index contributed by atoms with van der Waals surface area (Å²) in [4.78, 5) is 11.0. The molecule has 3 aromatic rings. The third-order valence-electron chi connectivity index (χ3n) is 4.75. The highest BCUT2D eigenvalue weighted by molar-refractivity contribution is 5.36. The first-order valence-electron chi connectivity index (χ1n) is 9.25. The molecule has 0 spiro atoms. The van der Waals surface area contributed by atoms with Gasteiger partial charge in [0.25, 0.3) is 0 Å². The van der Waals surface area contributed by atoms with Crippen molar-refractivity contribution in [3.63, 3.8) is 0 Å². The van der Waals surface area contributed by atoms with Crippen LogP contribution >= 0.6 is 0 Å². The van der Waals surface area contributed by atoms with Crippen LogP contribution < -0.4 is 4.74 Å². The van der Waals surface area contributed by atoms with Gasteiger partial charge in [-0.25, -0.2) is 9.97 Å². The average molecular weight is 348 g/mol. The van der Waals surface area contributed by atoms with Crippen molar-refractivity contribution in [2.45, 2.75) is 32.4 Å². The largest absolute Gasteiger partial charge is 0.439 e. The van der Waals surface area contributed by atoms with Crippen molar-refractivity contribution < 1.29 is 4.74 Å². The number of imidazole rings is 1. The minimum Gasteiger partial charge on any atom is -0.439 e. The molecule has 26 heavy (non-hydrogen) atoms. The van der Waals surface area contributed by atoms with Crippen LogP contribution in [0.15, 0.2) is 61.3 Å². The van der Waals surface area contributed by atoms with Gasteiger partial charge in [0.05, 0.1) is 12.9 Å². The van der Waals surface area contributed by atoms with Crippen molar-refractivity contribution in [2.75, 3.05) is 13.1 Å². The molecular weight excluding hydrogens is 324 g/mol. The Balaban J connectivity index is 1.43. The van der Waals surface area contributed by atoms with E-state index in [9.17, 15) is 0 Å². The SMILES string of the molecule is c1ccc(Oc2ccc(Cn3ccnc3)cn2)c(CN2CCCCC2)c1. The zero-order valence-corrected chi connectivity index (χ0v) is 14.9. The van der Waals surface area contributed by atoms with Gasteiger partial charge in [-0.3, -0.25) is 4.90 Å². The summed E-state index contributed by atoms with van der Waals surface area (Å²) in [7, 11) is 0. The fraction of sp³-hybridized carbons (Fsp3) is 0.333. The van der Waals surface area contributed by atoms with Crippen LogP contribution in [0.3, 0.4) is 0 Å². The molecule has 5 heteroatoms. The normalized spacial score (nSPS) is 15.1. The van der Waals surface area contributed by atoms with E-state index in [1.807, 2.05) is 35.2 Å². The van der Waals surface area contributed by atoms with Crippen molar-refractivity contribution in [1.82, 2.24) is 19.4 Å². The topological polar surface area (TPSA) is 43.2 Å². The Morgan fingerprint density at radius 3 is 2.62 bits per heavy atom. The van der Waals surface area contributed by atoms with Gasteiger partial charge < -0.3 is 9.30 Å². The zero-order chi connectivity index (χ0) is 17.6. The Morgan fingerprint density at radius 1 is 0.962 bits per heavy atom. The molecule has 0 N–H and O–H groups in total. The Hall–Kier alpha value is -2.66. The number of aromatic nitrogens is 3. The van der Waals surface area contributed by atoms with Gasteiger partial charge >= 0.3 is 0 Å². The van der Waals surface area contributed by atoms with E-state index >= 15 is 0 Å². The van der Waals surface area contributed by atoms with Crippen molar-refractivity contribution in [3.05, 3.63) is 72.4 Å². The molecule has 1 aromatic carbocycles. The number of hydrogen-bond acceptors (Lipinski definition) is 4. The molecule has 2 aromatic heterocycles. The number of rotatable bonds is 6. The summed E-state index contributed by atoms with van der Waals surface area (Å²) in [6.45, 7) is 4.05. The first-order valence-corrected chi connectivity index (χ1v) is 9.25. The maximum Gasteiger partial charge on any atom is 0.219 e. The van der Waals surface area contributed by atoms with Gasteiger partial charge in [-0.1, -0.05) is 30.7 Å². The lowest BCUT2D eigenvalue weighted by Gasteiger charge is -2.27. The second kappa shape index (κ2) is 8.15. The van der Waals surface area contributed by atoms with Crippen LogP contribution in [0.2, 0.25) is 0 Å². The third-order valence-corrected chi connectivity index (χ3v) is 4.75. The molecule has 1 aliphatic rings. The van der Waals surface area contributed by atoms with Gasteiger partial charge in [0.15, 0.2) is 0 Å². The molecule has 1 aliphatic heterocycles. The standard InChI is InChI=1S/C21H24N4O/c1-4-11-24(12-5-1)16-19-6-2-3-7-20(19)26-21-9-8-18(14-23-21)15-25-13-10-22-17-25/h2-3,6-10,13-14,17H,1,4-5,11-12,15-16H2. The fourth-order valence-corrected chi connectivity index (χ4v) is 3.36. The molecule has 0 atom stereocenters. The minimum absolute atomic E-state index is 0.630. The molecule has 0 amide bonds. The molecule has 0 radical (unpaired) electrons. The van der Waals surface area contributed by atoms with Crippen molar-refractivity contribution >= 4 is 0 Å². The number of benzene rings is 1. The summed E-state index contributed by atoms with van der Waals surface area (Å²) in [5.74, 6) is 1.53. The van der Waals surface area contributed by atoms with Crippen LogP contribution in [0.25, 0.3) is 0 Å². The predicted molar refractivity (Wildman–Crippen MR) is 101 cm³/mol. The lowest BCUT2D eigenvalue weighted by Crippen LogP contribution is -2.29. The molecule has 134 valence electrons. The van der Waals surface area contributed by atoms with Crippen LogP contribution in [0.5, 0.6) is 11.6 Å². The first kappa shape index (κ1) is 16.8. The number of nitrogens with zero attached hydrogens (tertiary/aromatic N) is 4. The Bertz CT molecular complexity index is 808. The average Bonchev–Trinajstić information content (AvgIpc) is 3.19. The molecule has 1 fully saturated rings. The summed E-state index contributed by atoms with van der Waals surface area (Å²) in [6, 6.07) is 12.3. The smallest absolute Gasteiger partial charge is 0.219 e. The van der Waals surface area contributed by atoms with Gasteiger partial charge in [0, 0.05) is 36.8 Å². The number of hydrogen-bond donors (Lipinski definition) is 0. The molecule has 4 rings (SSSR count). The van der Waals surface area contributed by atoms with Gasteiger partial charge in [-0.2, -0.15) is 0 Å². The van der Waals surface area contributed by atoms with Gasteiger partial charge in [0.1, 0.15) is 5.75 Å². The van der Waals surface area contributed by atoms with Crippen LogP contribution in [0.1, 0.15) is 30.4 Å². The third kappa shape index (κ3) is 4.29. The highest BCUT2D eigenvalue weighted by Gasteiger charge is 2.13. The fourth-order valence-electron chi connectivity index (χ4n) is 3.36. The van der Waals surface area contributed by atoms with E-state index in [0.29, 0.717) is 5.88 Å². The van der Waals surface area contributed by atoms with Crippen LogP contribution in [-0.4, -0.2) is 32.5 Å². The van der Waals surface area contributed by atoms with Gasteiger partial charge in [-0.05, 0) is 37.6 Å². The lowest BCUT2D eigenvalue weighted by atomic mass is 10.1. The first-order chi connectivity index (χ1) is 12.9. The van der Waals surface area contributed by atoms with Crippen molar-refractivity contribution in [3.8, 4) is 11.6 Å². The summed E-state index contributed by atoms with van der Waals surface area (Å²) >= 11 is 0. The van der Waals surface area contributed by atoms with Crippen molar-refractivity contribution in [1.29, 1.82) is 0 Å². The molecular formula is C21H24N4O. The molecule has 1 saturated heterocycles. The van der Waals surface area contributed by atoms with E-state index in [0.717, 1.165) is 24.4 Å². The second-order valence-corrected chi connectivity index (χ2v) is 6.79. The Labute approximate surface area is 154 Å². The molecule has 3 heterocycles. The monoisotopic (exact) mass is 348 g/mol. The number of likely N-dealkylation sites (tertiary alicyclic amines) is 1. The summed E-state index contributed by atoms with van der Waals surface area (Å²) in [6.07, 6.45) is 11.3. The maximum atomic E-state index is 6.08. The van der Waals surface area contributed by atoms with E-state index < -0.39 is 0 Å².